The van der Waals surface area contributed by atoms with Crippen LogP contribution in [-0.2, 0) is 6.42 Å². The summed E-state index contributed by atoms with van der Waals surface area (Å²) in [6.45, 7) is 2.25. The molecule has 6 heteroatoms. The van der Waals surface area contributed by atoms with Crippen LogP contribution in [-0.4, -0.2) is 33.0 Å². The van der Waals surface area contributed by atoms with E-state index in [0.29, 0.717) is 12.0 Å². The zero-order chi connectivity index (χ0) is 28.5. The van der Waals surface area contributed by atoms with Crippen molar-refractivity contribution >= 4 is 17.7 Å². The van der Waals surface area contributed by atoms with Gasteiger partial charge in [-0.2, -0.15) is 0 Å². The molecule has 0 aliphatic rings. The Kier molecular flexibility index (Phi) is 15.0. The fourth-order valence-corrected chi connectivity index (χ4v) is 5.12. The Balaban J connectivity index is 1.73. The molecule has 2 aromatic rings. The number of carboxylic acid groups (broad SMARTS) is 2. The number of aryl methyl sites for hydroxylation is 1. The fourth-order valence-electron chi connectivity index (χ4n) is 5.12. The third-order valence-corrected chi connectivity index (χ3v) is 7.42. The molecule has 2 aromatic carbocycles. The van der Waals surface area contributed by atoms with Gasteiger partial charge in [0.25, 0.3) is 0 Å². The maximum atomic E-state index is 13.0. The zero-order valence-corrected chi connectivity index (χ0v) is 23.6. The average molecular weight is 539 g/mol. The van der Waals surface area contributed by atoms with Crippen molar-refractivity contribution in [3.63, 3.8) is 0 Å². The summed E-state index contributed by atoms with van der Waals surface area (Å²) >= 11 is 0. The van der Waals surface area contributed by atoms with Crippen LogP contribution in [0.15, 0.2) is 36.4 Å². The largest absolute Gasteiger partial charge is 0.507 e. The molecular formula is C33H46O6. The van der Waals surface area contributed by atoms with E-state index in [0.717, 1.165) is 19.3 Å². The molecule has 0 bridgehead atoms. The molecule has 0 radical (unpaired) electrons. The third kappa shape index (κ3) is 10.9. The van der Waals surface area contributed by atoms with E-state index in [1.165, 1.54) is 114 Å². The summed E-state index contributed by atoms with van der Waals surface area (Å²) in [5.41, 5.74) is -0.535. The number of carboxylic acids is 2. The molecule has 0 spiro atoms. The molecule has 2 rings (SSSR count). The number of aromatic hydroxyl groups is 1. The Morgan fingerprint density at radius 1 is 0.564 bits per heavy atom. The highest BCUT2D eigenvalue weighted by Crippen LogP contribution is 2.30. The third-order valence-electron chi connectivity index (χ3n) is 7.42. The van der Waals surface area contributed by atoms with Crippen molar-refractivity contribution in [3.05, 3.63) is 64.2 Å². The molecule has 0 saturated carbocycles. The average Bonchev–Trinajstić information content (AvgIpc) is 2.92. The quantitative estimate of drug-likeness (QED) is 0.108. The van der Waals surface area contributed by atoms with Gasteiger partial charge >= 0.3 is 11.9 Å². The van der Waals surface area contributed by atoms with Crippen LogP contribution in [0.3, 0.4) is 0 Å². The maximum absolute atomic E-state index is 13.0. The molecule has 0 fully saturated rings. The molecule has 0 aromatic heterocycles. The smallest absolute Gasteiger partial charge is 0.340 e. The van der Waals surface area contributed by atoms with E-state index in [1.54, 1.807) is 6.07 Å². The van der Waals surface area contributed by atoms with Crippen LogP contribution in [0.25, 0.3) is 0 Å². The van der Waals surface area contributed by atoms with Gasteiger partial charge in [0.15, 0.2) is 5.78 Å². The van der Waals surface area contributed by atoms with Gasteiger partial charge in [0.1, 0.15) is 11.3 Å². The predicted molar refractivity (Wildman–Crippen MR) is 155 cm³/mol. The van der Waals surface area contributed by atoms with E-state index in [4.69, 9.17) is 0 Å². The molecule has 0 heterocycles. The molecule has 0 amide bonds. The molecule has 0 unspecified atom stereocenters. The maximum Gasteiger partial charge on any atom is 0.340 e. The number of hydrogen-bond donors (Lipinski definition) is 3. The van der Waals surface area contributed by atoms with Crippen LogP contribution in [0, 0.1) is 0 Å². The molecule has 0 aliphatic carbocycles. The summed E-state index contributed by atoms with van der Waals surface area (Å²) in [6, 6.07) is 8.61. The lowest BCUT2D eigenvalue weighted by molar-refractivity contribution is 0.0684. The van der Waals surface area contributed by atoms with Gasteiger partial charge in [0.05, 0.1) is 5.56 Å². The van der Waals surface area contributed by atoms with Crippen molar-refractivity contribution in [1.82, 2.24) is 0 Å². The SMILES string of the molecule is CCCCCCCCCCCCCCCCCCc1ccc(C(=O)c2ccccc2C(=O)O)c(C(=O)O)c1O. The Labute approximate surface area is 233 Å². The topological polar surface area (TPSA) is 112 Å². The second-order valence-corrected chi connectivity index (χ2v) is 10.5. The van der Waals surface area contributed by atoms with Crippen molar-refractivity contribution in [1.29, 1.82) is 0 Å². The van der Waals surface area contributed by atoms with Gasteiger partial charge in [-0.15, -0.1) is 0 Å². The molecule has 3 N–H and O–H groups in total. The standard InChI is InChI=1S/C33H46O6/c1-2-3-4-5-6-7-8-9-10-11-12-13-14-15-16-17-20-25-23-24-28(29(30(25)34)33(38)39)31(35)26-21-18-19-22-27(26)32(36)37/h18-19,21-24,34H,2-17,20H2,1H3,(H,36,37)(H,38,39). The number of phenols is 1. The van der Waals surface area contributed by atoms with Crippen molar-refractivity contribution in [3.8, 4) is 5.75 Å². The summed E-state index contributed by atoms with van der Waals surface area (Å²) in [5, 5.41) is 29.8. The lowest BCUT2D eigenvalue weighted by Crippen LogP contribution is -2.14. The van der Waals surface area contributed by atoms with Crippen LogP contribution in [0.2, 0.25) is 0 Å². The molecule has 39 heavy (non-hydrogen) atoms. The lowest BCUT2D eigenvalue weighted by atomic mass is 9.92. The van der Waals surface area contributed by atoms with Crippen LogP contribution in [0.5, 0.6) is 5.75 Å². The summed E-state index contributed by atoms with van der Waals surface area (Å²) in [5.74, 6) is -3.85. The highest BCUT2D eigenvalue weighted by molar-refractivity contribution is 6.18. The van der Waals surface area contributed by atoms with E-state index in [9.17, 15) is 29.7 Å². The van der Waals surface area contributed by atoms with Gasteiger partial charge < -0.3 is 15.3 Å². The molecule has 0 saturated heterocycles. The monoisotopic (exact) mass is 538 g/mol. The minimum absolute atomic E-state index is 0.113. The normalized spacial score (nSPS) is 11.0. The lowest BCUT2D eigenvalue weighted by Gasteiger charge is -2.13. The van der Waals surface area contributed by atoms with Crippen LogP contribution in [0.1, 0.15) is 152 Å². The summed E-state index contributed by atoms with van der Waals surface area (Å²) in [4.78, 5) is 36.5. The number of hydrogen-bond acceptors (Lipinski definition) is 4. The summed E-state index contributed by atoms with van der Waals surface area (Å²) in [7, 11) is 0. The first-order chi connectivity index (χ1) is 18.9. The van der Waals surface area contributed by atoms with Crippen LogP contribution >= 0.6 is 0 Å². The number of aromatic carboxylic acids is 2. The first kappa shape index (κ1) is 32.1. The molecular weight excluding hydrogens is 492 g/mol. The Morgan fingerprint density at radius 2 is 1.03 bits per heavy atom. The van der Waals surface area contributed by atoms with Gasteiger partial charge in [-0.05, 0) is 30.5 Å². The Morgan fingerprint density at radius 3 is 1.49 bits per heavy atom. The number of ketones is 1. The van der Waals surface area contributed by atoms with E-state index < -0.39 is 29.0 Å². The van der Waals surface area contributed by atoms with Gasteiger partial charge in [0, 0.05) is 11.1 Å². The Bertz CT molecular complexity index is 1060. The van der Waals surface area contributed by atoms with E-state index in [-0.39, 0.29) is 16.7 Å². The summed E-state index contributed by atoms with van der Waals surface area (Å²) < 4.78 is 0. The molecule has 6 nitrogen and oxygen atoms in total. The molecule has 214 valence electrons. The van der Waals surface area contributed by atoms with Crippen LogP contribution in [0.4, 0.5) is 0 Å². The van der Waals surface area contributed by atoms with Crippen LogP contribution < -0.4 is 0 Å². The highest BCUT2D eigenvalue weighted by atomic mass is 16.4. The minimum Gasteiger partial charge on any atom is -0.507 e. The zero-order valence-electron chi connectivity index (χ0n) is 23.6. The van der Waals surface area contributed by atoms with Crippen molar-refractivity contribution in [2.45, 2.75) is 116 Å². The minimum atomic E-state index is -1.42. The first-order valence-corrected chi connectivity index (χ1v) is 14.8. The van der Waals surface area contributed by atoms with Gasteiger partial charge in [-0.25, -0.2) is 9.59 Å². The second-order valence-electron chi connectivity index (χ2n) is 10.5. The number of rotatable bonds is 21. The number of benzene rings is 2. The predicted octanol–water partition coefficient (Wildman–Crippen LogP) is 8.82. The molecule has 0 atom stereocenters. The van der Waals surface area contributed by atoms with Gasteiger partial charge in [-0.3, -0.25) is 4.79 Å². The summed E-state index contributed by atoms with van der Waals surface area (Å²) in [6.07, 6.45) is 20.7. The molecule has 0 aliphatic heterocycles. The Hall–Kier alpha value is -3.15. The fraction of sp³-hybridized carbons (Fsp3) is 0.545. The second kappa shape index (κ2) is 18.2. The van der Waals surface area contributed by atoms with Crippen molar-refractivity contribution in [2.75, 3.05) is 0 Å². The highest BCUT2D eigenvalue weighted by Gasteiger charge is 2.26. The number of carbonyl (C=O) groups is 3. The first-order valence-electron chi connectivity index (χ1n) is 14.8. The van der Waals surface area contributed by atoms with E-state index in [1.807, 2.05) is 0 Å². The van der Waals surface area contributed by atoms with Crippen molar-refractivity contribution < 1.29 is 29.7 Å². The van der Waals surface area contributed by atoms with E-state index in [2.05, 4.69) is 6.92 Å². The van der Waals surface area contributed by atoms with E-state index >= 15 is 0 Å². The van der Waals surface area contributed by atoms with Gasteiger partial charge in [0.2, 0.25) is 0 Å². The number of unbranched alkanes of at least 4 members (excludes halogenated alkanes) is 15. The van der Waals surface area contributed by atoms with Crippen molar-refractivity contribution in [2.24, 2.45) is 0 Å². The number of carbonyl (C=O) groups excluding carboxylic acids is 1. The van der Waals surface area contributed by atoms with Gasteiger partial charge in [-0.1, -0.05) is 128 Å².